The van der Waals surface area contributed by atoms with Crippen LogP contribution in [0.1, 0.15) is 42.3 Å². The van der Waals surface area contributed by atoms with Gasteiger partial charge in [0, 0.05) is 4.47 Å². The Kier molecular flexibility index (Phi) is 5.34. The second-order valence-electron chi connectivity index (χ2n) is 6.55. The van der Waals surface area contributed by atoms with E-state index in [2.05, 4.69) is 54.1 Å². The molecule has 24 heavy (non-hydrogen) atoms. The van der Waals surface area contributed by atoms with Gasteiger partial charge in [0.25, 0.3) is 5.91 Å². The van der Waals surface area contributed by atoms with Crippen molar-refractivity contribution in [1.29, 1.82) is 0 Å². The van der Waals surface area contributed by atoms with Gasteiger partial charge in [-0.1, -0.05) is 67.5 Å². The van der Waals surface area contributed by atoms with E-state index in [9.17, 15) is 9.90 Å². The van der Waals surface area contributed by atoms with E-state index in [1.165, 1.54) is 11.6 Å². The van der Waals surface area contributed by atoms with Crippen molar-refractivity contribution < 1.29 is 9.90 Å². The highest BCUT2D eigenvalue weighted by Gasteiger charge is 2.14. The van der Waals surface area contributed by atoms with Crippen LogP contribution in [0.15, 0.2) is 53.5 Å². The van der Waals surface area contributed by atoms with Gasteiger partial charge in [0.15, 0.2) is 0 Å². The molecule has 0 unspecified atom stereocenters. The van der Waals surface area contributed by atoms with Crippen molar-refractivity contribution in [3.05, 3.63) is 70.2 Å². The molecule has 0 bridgehead atoms. The molecular formula is C19H21BrN2O2. The van der Waals surface area contributed by atoms with Crippen molar-refractivity contribution in [3.63, 3.8) is 0 Å². The van der Waals surface area contributed by atoms with Crippen molar-refractivity contribution in [2.24, 2.45) is 0 Å². The fourth-order valence-corrected chi connectivity index (χ4v) is 2.49. The number of halogens is 1. The molecule has 0 aromatic heterocycles. The monoisotopic (exact) mass is 388 g/mol. The van der Waals surface area contributed by atoms with Crippen molar-refractivity contribution >= 4 is 27.5 Å². The quantitative estimate of drug-likeness (QED) is 0.681. The Balaban J connectivity index is 2.02. The minimum atomic E-state index is -0.443. The van der Waals surface area contributed by atoms with Crippen LogP contribution >= 0.6 is 15.9 Å². The van der Waals surface area contributed by atoms with E-state index < -0.39 is 5.91 Å². The zero-order valence-corrected chi connectivity index (χ0v) is 15.6. The number of aromatic hydroxyl groups is 1. The van der Waals surface area contributed by atoms with Crippen LogP contribution in [-0.4, -0.2) is 11.0 Å². The summed E-state index contributed by atoms with van der Waals surface area (Å²) >= 11 is 3.27. The van der Waals surface area contributed by atoms with E-state index in [1.807, 2.05) is 24.3 Å². The van der Waals surface area contributed by atoms with Gasteiger partial charge in [-0.15, -0.1) is 0 Å². The molecule has 0 atom stereocenters. The lowest BCUT2D eigenvalue weighted by Crippen LogP contribution is -2.35. The molecule has 0 spiro atoms. The maximum atomic E-state index is 12.1. The van der Waals surface area contributed by atoms with Gasteiger partial charge in [0.2, 0.25) is 0 Å². The van der Waals surface area contributed by atoms with Crippen molar-refractivity contribution in [3.8, 4) is 5.75 Å². The van der Waals surface area contributed by atoms with Gasteiger partial charge in [-0.2, -0.15) is 0 Å². The van der Waals surface area contributed by atoms with E-state index in [4.69, 9.17) is 0 Å². The van der Waals surface area contributed by atoms with Gasteiger partial charge in [-0.05, 0) is 34.7 Å². The standard InChI is InChI=1S/C19H21BrN2O2/c1-12(13-5-7-14(8-6-13)19(2,3)4)21-22-18(24)16-11-15(20)9-10-17(16)23/h5-11,21,23H,1H2,2-4H3,(H,22,24). The van der Waals surface area contributed by atoms with Crippen LogP contribution < -0.4 is 10.9 Å². The zero-order chi connectivity index (χ0) is 17.9. The molecule has 0 saturated carbocycles. The Morgan fingerprint density at radius 1 is 1.08 bits per heavy atom. The molecule has 4 nitrogen and oxygen atoms in total. The van der Waals surface area contributed by atoms with Gasteiger partial charge in [-0.25, -0.2) is 0 Å². The summed E-state index contributed by atoms with van der Waals surface area (Å²) < 4.78 is 0.710. The number of amides is 1. The number of rotatable bonds is 4. The number of hydrogen-bond donors (Lipinski definition) is 3. The first-order valence-corrected chi connectivity index (χ1v) is 8.32. The molecule has 0 aliphatic carbocycles. The Morgan fingerprint density at radius 2 is 1.71 bits per heavy atom. The smallest absolute Gasteiger partial charge is 0.273 e. The summed E-state index contributed by atoms with van der Waals surface area (Å²) in [6, 6.07) is 12.7. The average Bonchev–Trinajstić information content (AvgIpc) is 2.53. The molecule has 2 aromatic carbocycles. The van der Waals surface area contributed by atoms with E-state index in [-0.39, 0.29) is 16.7 Å². The van der Waals surface area contributed by atoms with Gasteiger partial charge in [0.05, 0.1) is 11.3 Å². The van der Waals surface area contributed by atoms with Crippen molar-refractivity contribution in [1.82, 2.24) is 10.9 Å². The number of hydrazine groups is 1. The molecule has 3 N–H and O–H groups in total. The molecule has 5 heteroatoms. The summed E-state index contributed by atoms with van der Waals surface area (Å²) in [5.74, 6) is -0.529. The third kappa shape index (κ3) is 4.38. The molecule has 0 aliphatic heterocycles. The van der Waals surface area contributed by atoms with Crippen LogP contribution in [0, 0.1) is 0 Å². The zero-order valence-electron chi connectivity index (χ0n) is 14.0. The second-order valence-corrected chi connectivity index (χ2v) is 7.46. The topological polar surface area (TPSA) is 61.4 Å². The van der Waals surface area contributed by atoms with Crippen LogP contribution in [0.5, 0.6) is 5.75 Å². The molecule has 2 rings (SSSR count). The predicted molar refractivity (Wildman–Crippen MR) is 101 cm³/mol. The lowest BCUT2D eigenvalue weighted by molar-refractivity contribution is 0.0939. The fraction of sp³-hybridized carbons (Fsp3) is 0.211. The number of phenolic OH excluding ortho intramolecular Hbond substituents is 1. The number of hydrogen-bond acceptors (Lipinski definition) is 3. The lowest BCUT2D eigenvalue weighted by atomic mass is 9.86. The SMILES string of the molecule is C=C(NNC(=O)c1cc(Br)ccc1O)c1ccc(C(C)(C)C)cc1. The third-order valence-corrected chi connectivity index (χ3v) is 4.12. The molecule has 2 aromatic rings. The Hall–Kier alpha value is -2.27. The summed E-state index contributed by atoms with van der Waals surface area (Å²) in [4.78, 5) is 12.1. The van der Waals surface area contributed by atoms with Crippen LogP contribution in [0.4, 0.5) is 0 Å². The first-order chi connectivity index (χ1) is 11.2. The normalized spacial score (nSPS) is 11.0. The van der Waals surface area contributed by atoms with E-state index in [0.29, 0.717) is 10.2 Å². The number of nitrogens with one attached hydrogen (secondary N) is 2. The third-order valence-electron chi connectivity index (χ3n) is 3.63. The number of carbonyl (C=O) groups excluding carboxylic acids is 1. The number of benzene rings is 2. The van der Waals surface area contributed by atoms with Crippen LogP contribution in [0.25, 0.3) is 5.70 Å². The first kappa shape index (κ1) is 18.1. The minimum absolute atomic E-state index is 0.0831. The summed E-state index contributed by atoms with van der Waals surface area (Å²) in [6.45, 7) is 10.4. The van der Waals surface area contributed by atoms with Gasteiger partial charge < -0.3 is 5.11 Å². The first-order valence-electron chi connectivity index (χ1n) is 7.53. The molecule has 1 amide bonds. The lowest BCUT2D eigenvalue weighted by Gasteiger charge is -2.19. The molecule has 0 heterocycles. The summed E-state index contributed by atoms with van der Waals surface area (Å²) in [6.07, 6.45) is 0. The Morgan fingerprint density at radius 3 is 2.29 bits per heavy atom. The molecular weight excluding hydrogens is 368 g/mol. The Bertz CT molecular complexity index is 762. The molecule has 0 fully saturated rings. The summed E-state index contributed by atoms with van der Waals surface area (Å²) in [7, 11) is 0. The van der Waals surface area contributed by atoms with Crippen molar-refractivity contribution in [2.75, 3.05) is 0 Å². The molecule has 0 aliphatic rings. The second kappa shape index (κ2) is 7.09. The fourth-order valence-electron chi connectivity index (χ4n) is 2.13. The number of carbonyl (C=O) groups is 1. The Labute approximate surface area is 150 Å². The highest BCUT2D eigenvalue weighted by Crippen LogP contribution is 2.24. The molecule has 0 radical (unpaired) electrons. The predicted octanol–water partition coefficient (Wildman–Crippen LogP) is 4.36. The van der Waals surface area contributed by atoms with Gasteiger partial charge >= 0.3 is 0 Å². The summed E-state index contributed by atoms with van der Waals surface area (Å²) in [5.41, 5.74) is 8.25. The highest BCUT2D eigenvalue weighted by atomic mass is 79.9. The number of phenols is 1. The maximum Gasteiger partial charge on any atom is 0.273 e. The molecule has 0 saturated heterocycles. The van der Waals surface area contributed by atoms with E-state index in [0.717, 1.165) is 5.56 Å². The summed E-state index contributed by atoms with van der Waals surface area (Å²) in [5, 5.41) is 9.76. The van der Waals surface area contributed by atoms with Crippen molar-refractivity contribution in [2.45, 2.75) is 26.2 Å². The van der Waals surface area contributed by atoms with Crippen LogP contribution in [-0.2, 0) is 5.41 Å². The average molecular weight is 389 g/mol. The van der Waals surface area contributed by atoms with E-state index >= 15 is 0 Å². The maximum absolute atomic E-state index is 12.1. The van der Waals surface area contributed by atoms with Crippen LogP contribution in [0.3, 0.4) is 0 Å². The van der Waals surface area contributed by atoms with Gasteiger partial charge in [-0.3, -0.25) is 15.6 Å². The van der Waals surface area contributed by atoms with Gasteiger partial charge in [0.1, 0.15) is 5.75 Å². The van der Waals surface area contributed by atoms with Crippen LogP contribution in [0.2, 0.25) is 0 Å². The largest absolute Gasteiger partial charge is 0.507 e. The van der Waals surface area contributed by atoms with E-state index in [1.54, 1.807) is 12.1 Å². The highest BCUT2D eigenvalue weighted by molar-refractivity contribution is 9.10. The minimum Gasteiger partial charge on any atom is -0.507 e. The molecule has 126 valence electrons.